The maximum atomic E-state index is 12.4. The third-order valence-corrected chi connectivity index (χ3v) is 9.80. The summed E-state index contributed by atoms with van der Waals surface area (Å²) in [5, 5.41) is 18.2. The molecule has 0 bridgehead atoms. The predicted octanol–water partition coefficient (Wildman–Crippen LogP) is 4.52. The van der Waals surface area contributed by atoms with Crippen LogP contribution in [-0.2, 0) is 19.1 Å². The van der Waals surface area contributed by atoms with Crippen LogP contribution in [0.4, 0.5) is 0 Å². The van der Waals surface area contributed by atoms with E-state index in [9.17, 15) is 21.9 Å². The van der Waals surface area contributed by atoms with Crippen molar-refractivity contribution in [3.8, 4) is 11.5 Å². The number of aliphatic hydroxyl groups excluding tert-OH is 2. The molecule has 208 valence electrons. The highest BCUT2D eigenvalue weighted by Gasteiger charge is 2.33. The third kappa shape index (κ3) is 9.64. The van der Waals surface area contributed by atoms with Crippen molar-refractivity contribution in [1.29, 1.82) is 0 Å². The van der Waals surface area contributed by atoms with Crippen LogP contribution in [0.2, 0.25) is 0 Å². The summed E-state index contributed by atoms with van der Waals surface area (Å²) < 4.78 is 59.4. The van der Waals surface area contributed by atoms with E-state index in [0.717, 1.165) is 12.8 Å². The first kappa shape index (κ1) is 32.3. The van der Waals surface area contributed by atoms with Gasteiger partial charge in [-0.25, -0.2) is 16.8 Å². The monoisotopic (exact) mass is 705 g/mol. The highest BCUT2D eigenvalue weighted by Crippen LogP contribution is 2.31. The number of halogens is 3. The summed E-state index contributed by atoms with van der Waals surface area (Å²) in [6, 6.07) is 9.42. The predicted molar refractivity (Wildman–Crippen MR) is 148 cm³/mol. The van der Waals surface area contributed by atoms with Gasteiger partial charge in [-0.2, -0.15) is 4.31 Å². The maximum Gasteiger partial charge on any atom is 0.265 e. The highest BCUT2D eigenvalue weighted by molar-refractivity contribution is 9.10. The fourth-order valence-corrected chi connectivity index (χ4v) is 7.39. The second kappa shape index (κ2) is 14.5. The zero-order chi connectivity index (χ0) is 27.8. The molecule has 1 atom stereocenters. The van der Waals surface area contributed by atoms with E-state index in [2.05, 4.69) is 31.9 Å². The molecule has 0 radical (unpaired) electrons. The second-order valence-electron chi connectivity index (χ2n) is 8.27. The third-order valence-electron chi connectivity index (χ3n) is 5.58. The number of rotatable bonds is 5. The molecule has 1 aliphatic carbocycles. The molecule has 9 nitrogen and oxygen atoms in total. The minimum atomic E-state index is -3.75. The Labute approximate surface area is 239 Å². The Morgan fingerprint density at radius 2 is 1.32 bits per heavy atom. The molecule has 0 unspecified atom stereocenters. The smallest absolute Gasteiger partial charge is 0.265 e. The molecule has 2 fully saturated rings. The second-order valence-corrected chi connectivity index (χ2v) is 14.5. The lowest BCUT2D eigenvalue weighted by Crippen LogP contribution is -2.30. The molecule has 0 spiro atoms. The van der Waals surface area contributed by atoms with Crippen molar-refractivity contribution in [1.82, 2.24) is 4.31 Å². The fraction of sp³-hybridized carbons (Fsp3) is 0.478. The van der Waals surface area contributed by atoms with Gasteiger partial charge in [-0.1, -0.05) is 44.7 Å². The average molecular weight is 708 g/mol. The lowest BCUT2D eigenvalue weighted by atomic mass is 10.3. The summed E-state index contributed by atoms with van der Waals surface area (Å²) in [4.78, 5) is 0.0829. The Kier molecular flexibility index (Phi) is 12.6. The van der Waals surface area contributed by atoms with Crippen molar-refractivity contribution in [3.63, 3.8) is 0 Å². The molecule has 4 rings (SSSR count). The van der Waals surface area contributed by atoms with Crippen LogP contribution in [0.25, 0.3) is 0 Å². The van der Waals surface area contributed by atoms with Crippen LogP contribution in [0.3, 0.4) is 0 Å². The van der Waals surface area contributed by atoms with Crippen molar-refractivity contribution >= 4 is 61.6 Å². The summed E-state index contributed by atoms with van der Waals surface area (Å²) in [6.07, 6.45) is 4.49. The average Bonchev–Trinajstić information content (AvgIpc) is 3.50. The molecule has 2 aromatic rings. The van der Waals surface area contributed by atoms with E-state index < -0.39 is 25.2 Å². The number of methoxy groups -OCH3 is 2. The van der Waals surface area contributed by atoms with E-state index in [0.29, 0.717) is 27.7 Å². The van der Waals surface area contributed by atoms with E-state index in [-0.39, 0.29) is 28.2 Å². The van der Waals surface area contributed by atoms with Crippen LogP contribution in [0.15, 0.2) is 55.1 Å². The Balaban J connectivity index is 0.000000220. The molecule has 1 saturated heterocycles. The van der Waals surface area contributed by atoms with E-state index in [1.165, 1.54) is 49.6 Å². The van der Waals surface area contributed by atoms with Crippen LogP contribution in [0, 0.1) is 0 Å². The number of sulfonamides is 1. The highest BCUT2D eigenvalue weighted by atomic mass is 79.9. The molecule has 1 heterocycles. The Morgan fingerprint density at radius 3 is 1.70 bits per heavy atom. The number of β-amino-alcohol motifs (C(OH)–C–C–N with tert-alkyl or cyclic N) is 1. The summed E-state index contributed by atoms with van der Waals surface area (Å²) in [5.41, 5.74) is 0. The normalized spacial score (nSPS) is 18.4. The Bertz CT molecular complexity index is 1260. The molecule has 1 aliphatic heterocycles. The van der Waals surface area contributed by atoms with Gasteiger partial charge in [0.05, 0.1) is 26.4 Å². The lowest BCUT2D eigenvalue weighted by molar-refractivity contribution is 0.183. The molecule has 2 N–H and O–H groups in total. The van der Waals surface area contributed by atoms with Gasteiger partial charge in [0, 0.05) is 32.7 Å². The molecule has 2 aliphatic rings. The largest absolute Gasteiger partial charge is 0.495 e. The first-order valence-electron chi connectivity index (χ1n) is 11.3. The number of hydrogen-bond acceptors (Lipinski definition) is 8. The molecule has 0 amide bonds. The molecular weight excluding hydrogens is 678 g/mol. The first-order chi connectivity index (χ1) is 17.3. The minimum Gasteiger partial charge on any atom is -0.495 e. The number of nitrogens with zero attached hydrogens (tertiary/aromatic N) is 1. The molecule has 2 aromatic carbocycles. The zero-order valence-corrected chi connectivity index (χ0v) is 25.9. The topological polar surface area (TPSA) is 130 Å². The van der Waals surface area contributed by atoms with E-state index >= 15 is 0 Å². The minimum absolute atomic E-state index is 0.0361. The van der Waals surface area contributed by atoms with Crippen molar-refractivity contribution in [2.75, 3.05) is 27.3 Å². The zero-order valence-electron chi connectivity index (χ0n) is 20.3. The molecule has 0 aromatic heterocycles. The Hall–Kier alpha value is -0.930. The van der Waals surface area contributed by atoms with Crippen LogP contribution in [-0.4, -0.2) is 70.9 Å². The lowest BCUT2D eigenvalue weighted by Gasteiger charge is -2.17. The van der Waals surface area contributed by atoms with Crippen molar-refractivity contribution in [2.24, 2.45) is 0 Å². The number of hydrogen-bond donors (Lipinski definition) is 2. The number of benzene rings is 2. The van der Waals surface area contributed by atoms with Gasteiger partial charge in [0.15, 0.2) is 0 Å². The van der Waals surface area contributed by atoms with Crippen LogP contribution in [0.5, 0.6) is 11.5 Å². The molecule has 37 heavy (non-hydrogen) atoms. The van der Waals surface area contributed by atoms with Crippen LogP contribution >= 0.6 is 42.5 Å². The Morgan fingerprint density at radius 1 is 0.838 bits per heavy atom. The van der Waals surface area contributed by atoms with Gasteiger partial charge in [0.25, 0.3) is 9.05 Å². The van der Waals surface area contributed by atoms with E-state index in [1.807, 2.05) is 0 Å². The van der Waals surface area contributed by atoms with Crippen molar-refractivity contribution < 1.29 is 36.5 Å². The summed E-state index contributed by atoms with van der Waals surface area (Å²) in [7, 11) is 0.632. The van der Waals surface area contributed by atoms with Crippen LogP contribution < -0.4 is 9.47 Å². The maximum absolute atomic E-state index is 12.4. The number of aliphatic hydroxyl groups is 2. The van der Waals surface area contributed by atoms with Gasteiger partial charge >= 0.3 is 0 Å². The van der Waals surface area contributed by atoms with E-state index in [1.54, 1.807) is 18.2 Å². The van der Waals surface area contributed by atoms with Crippen molar-refractivity contribution in [3.05, 3.63) is 45.3 Å². The number of ether oxygens (including phenoxy) is 2. The molecule has 14 heteroatoms. The first-order valence-corrected chi connectivity index (χ1v) is 16.6. The van der Waals surface area contributed by atoms with Gasteiger partial charge in [-0.3, -0.25) is 0 Å². The van der Waals surface area contributed by atoms with Gasteiger partial charge in [-0.15, -0.1) is 0 Å². The van der Waals surface area contributed by atoms with Crippen LogP contribution in [0.1, 0.15) is 32.1 Å². The SMILES string of the molecule is COc1ccc(Br)cc1S(=O)(=O)Cl.COc1ccc(Br)cc1S(=O)(=O)N1CC[C@@H](O)C1.OC1CCCC1. The van der Waals surface area contributed by atoms with Crippen molar-refractivity contribution in [2.45, 2.75) is 54.1 Å². The fourth-order valence-electron chi connectivity index (χ4n) is 3.67. The summed E-state index contributed by atoms with van der Waals surface area (Å²) in [6.45, 7) is 0.469. The molecule has 1 saturated carbocycles. The van der Waals surface area contributed by atoms with Gasteiger partial charge < -0.3 is 19.7 Å². The van der Waals surface area contributed by atoms with Gasteiger partial charge in [0.1, 0.15) is 21.3 Å². The summed E-state index contributed by atoms with van der Waals surface area (Å²) >= 11 is 6.39. The van der Waals surface area contributed by atoms with E-state index in [4.69, 9.17) is 25.3 Å². The molecular formula is C23H30Br2ClNO8S2. The van der Waals surface area contributed by atoms with Gasteiger partial charge in [0.2, 0.25) is 10.0 Å². The quantitative estimate of drug-likeness (QED) is 0.435. The standard InChI is InChI=1S/C11H14BrNO4S.C7H6BrClO3S.C5H10O/c1-17-10-3-2-8(12)6-11(10)18(15,16)13-5-4-9(14)7-13;1-12-6-3-2-5(8)4-7(6)13(9,10)11;6-5-3-1-2-4-5/h2-3,6,9,14H,4-5,7H2,1H3;2-4H,1H3;5-6H,1-4H2/t9-;;/m1../s1. The summed E-state index contributed by atoms with van der Waals surface area (Å²) in [5.74, 6) is 0.540. The van der Waals surface area contributed by atoms with Gasteiger partial charge in [-0.05, 0) is 55.7 Å².